The second-order valence-corrected chi connectivity index (χ2v) is 8.12. The Balaban J connectivity index is 1.80. The van der Waals surface area contributed by atoms with Crippen molar-refractivity contribution in [3.05, 3.63) is 53.7 Å². The molecule has 0 unspecified atom stereocenters. The van der Waals surface area contributed by atoms with Gasteiger partial charge in [-0.3, -0.25) is 9.79 Å². The van der Waals surface area contributed by atoms with Crippen LogP contribution in [-0.4, -0.2) is 31.8 Å². The number of carbonyl (C=O) groups is 1. The van der Waals surface area contributed by atoms with Crippen molar-refractivity contribution in [2.75, 3.05) is 29.1 Å². The van der Waals surface area contributed by atoms with E-state index < -0.39 is 0 Å². The van der Waals surface area contributed by atoms with Gasteiger partial charge in [0.25, 0.3) is 0 Å². The predicted octanol–water partition coefficient (Wildman–Crippen LogP) is 4.47. The zero-order valence-electron chi connectivity index (χ0n) is 17.8. The number of hydrogen-bond donors (Lipinski definition) is 3. The molecule has 4 N–H and O–H groups in total. The number of rotatable bonds is 3. The minimum atomic E-state index is 0.0434. The topological polar surface area (TPSA) is 82.8 Å². The van der Waals surface area contributed by atoms with Crippen LogP contribution in [0.1, 0.15) is 43.7 Å². The standard InChI is InChI=1S/C24H29N5O/c1-15-9-10-29(21-8-7-17(12-19(15)21)18(13-25)14-26-3)22-6-4-5-20-24(22)27-16(2)11-23(30)28-20/h4-8,12-16,27H,9-11,25H2,1-3H3,(H,28,30)/b18-13+,26-14?/t15-,16+/m0/s1. The van der Waals surface area contributed by atoms with Crippen LogP contribution in [0, 0.1) is 0 Å². The molecular weight excluding hydrogens is 374 g/mol. The van der Waals surface area contributed by atoms with Crippen LogP contribution in [-0.2, 0) is 4.79 Å². The highest BCUT2D eigenvalue weighted by atomic mass is 16.1. The van der Waals surface area contributed by atoms with Gasteiger partial charge in [0, 0.05) is 49.7 Å². The fourth-order valence-electron chi connectivity index (χ4n) is 4.37. The number of nitrogens with zero attached hydrogens (tertiary/aromatic N) is 2. The van der Waals surface area contributed by atoms with Gasteiger partial charge < -0.3 is 21.3 Å². The molecule has 156 valence electrons. The Morgan fingerprint density at radius 2 is 2.07 bits per heavy atom. The van der Waals surface area contributed by atoms with Crippen molar-refractivity contribution >= 4 is 40.4 Å². The first-order valence-corrected chi connectivity index (χ1v) is 10.5. The summed E-state index contributed by atoms with van der Waals surface area (Å²) in [6.07, 6.45) is 4.90. The van der Waals surface area contributed by atoms with Gasteiger partial charge in [-0.1, -0.05) is 19.1 Å². The second kappa shape index (κ2) is 8.22. The lowest BCUT2D eigenvalue weighted by molar-refractivity contribution is -0.116. The molecule has 2 aliphatic rings. The number of para-hydroxylation sites is 1. The molecule has 1 amide bonds. The smallest absolute Gasteiger partial charge is 0.226 e. The SMILES string of the molecule is CN=C/C(=C\N)c1ccc2c(c1)[C@@H](C)CCN2c1cccc2c1N[C@H](C)CC(=O)N2. The van der Waals surface area contributed by atoms with Gasteiger partial charge in [-0.2, -0.15) is 0 Å². The van der Waals surface area contributed by atoms with Gasteiger partial charge in [0.1, 0.15) is 0 Å². The Kier molecular flexibility index (Phi) is 5.48. The number of nitrogens with two attached hydrogens (primary N) is 1. The normalized spacial score (nSPS) is 21.5. The maximum absolute atomic E-state index is 12.2. The van der Waals surface area contributed by atoms with Crippen molar-refractivity contribution in [1.29, 1.82) is 0 Å². The third-order valence-corrected chi connectivity index (χ3v) is 5.91. The molecule has 0 radical (unpaired) electrons. The number of fused-ring (bicyclic) bond motifs is 2. The van der Waals surface area contributed by atoms with Crippen LogP contribution in [0.15, 0.2) is 47.6 Å². The van der Waals surface area contributed by atoms with Crippen molar-refractivity contribution in [1.82, 2.24) is 0 Å². The van der Waals surface area contributed by atoms with Crippen molar-refractivity contribution < 1.29 is 4.79 Å². The molecule has 2 heterocycles. The van der Waals surface area contributed by atoms with Crippen LogP contribution < -0.4 is 21.3 Å². The summed E-state index contributed by atoms with van der Waals surface area (Å²) >= 11 is 0. The Hall–Kier alpha value is -3.28. The van der Waals surface area contributed by atoms with Gasteiger partial charge in [0.15, 0.2) is 0 Å². The Bertz CT molecular complexity index is 1030. The molecule has 0 fully saturated rings. The van der Waals surface area contributed by atoms with E-state index in [0.717, 1.165) is 41.2 Å². The Labute approximate surface area is 177 Å². The van der Waals surface area contributed by atoms with Crippen LogP contribution in [0.4, 0.5) is 22.7 Å². The Morgan fingerprint density at radius 3 is 2.83 bits per heavy atom. The van der Waals surface area contributed by atoms with Crippen molar-refractivity contribution in [3.8, 4) is 0 Å². The third kappa shape index (κ3) is 3.65. The summed E-state index contributed by atoms with van der Waals surface area (Å²) in [4.78, 5) is 18.7. The van der Waals surface area contributed by atoms with Crippen molar-refractivity contribution in [3.63, 3.8) is 0 Å². The van der Waals surface area contributed by atoms with E-state index in [9.17, 15) is 4.79 Å². The maximum atomic E-state index is 12.2. The zero-order chi connectivity index (χ0) is 21.3. The van der Waals surface area contributed by atoms with Gasteiger partial charge in [-0.05, 0) is 54.7 Å². The fourth-order valence-corrected chi connectivity index (χ4v) is 4.37. The average molecular weight is 404 g/mol. The number of aliphatic imine (C=N–C) groups is 1. The molecule has 0 spiro atoms. The maximum Gasteiger partial charge on any atom is 0.226 e. The van der Waals surface area contributed by atoms with E-state index in [1.54, 1.807) is 19.5 Å². The zero-order valence-corrected chi connectivity index (χ0v) is 17.8. The molecule has 0 bridgehead atoms. The molecule has 2 atom stereocenters. The van der Waals surface area contributed by atoms with Crippen molar-refractivity contribution in [2.45, 2.75) is 38.6 Å². The number of nitrogens with one attached hydrogen (secondary N) is 2. The molecule has 0 saturated heterocycles. The predicted molar refractivity (Wildman–Crippen MR) is 126 cm³/mol. The van der Waals surface area contributed by atoms with Crippen molar-refractivity contribution in [2.24, 2.45) is 10.7 Å². The molecule has 0 aliphatic carbocycles. The molecule has 4 rings (SSSR count). The summed E-state index contributed by atoms with van der Waals surface area (Å²) in [6.45, 7) is 5.23. The number of hydrogen-bond acceptors (Lipinski definition) is 5. The van der Waals surface area contributed by atoms with Crippen LogP contribution >= 0.6 is 0 Å². The van der Waals surface area contributed by atoms with Crippen LogP contribution in [0.5, 0.6) is 0 Å². The number of carbonyl (C=O) groups excluding carboxylic acids is 1. The van der Waals surface area contributed by atoms with E-state index in [0.29, 0.717) is 12.3 Å². The van der Waals surface area contributed by atoms with Crippen LogP contribution in [0.25, 0.3) is 5.57 Å². The van der Waals surface area contributed by atoms with E-state index >= 15 is 0 Å². The molecule has 30 heavy (non-hydrogen) atoms. The first kappa shape index (κ1) is 20.0. The van der Waals surface area contributed by atoms with Crippen LogP contribution in [0.3, 0.4) is 0 Å². The minimum absolute atomic E-state index is 0.0434. The average Bonchev–Trinajstić information content (AvgIpc) is 2.88. The van der Waals surface area contributed by atoms with E-state index in [4.69, 9.17) is 5.73 Å². The largest absolute Gasteiger partial charge is 0.404 e. The highest BCUT2D eigenvalue weighted by Crippen LogP contribution is 2.45. The summed E-state index contributed by atoms with van der Waals surface area (Å²) in [5, 5.41) is 6.59. The second-order valence-electron chi connectivity index (χ2n) is 8.12. The molecular formula is C24H29N5O. The molecule has 0 aromatic heterocycles. The van der Waals surface area contributed by atoms with E-state index in [1.165, 1.54) is 11.3 Å². The first-order valence-electron chi connectivity index (χ1n) is 10.5. The quantitative estimate of drug-likeness (QED) is 0.660. The molecule has 6 heteroatoms. The summed E-state index contributed by atoms with van der Waals surface area (Å²) in [6, 6.07) is 12.7. The first-order chi connectivity index (χ1) is 14.5. The number of anilines is 4. The lowest BCUT2D eigenvalue weighted by atomic mass is 9.88. The van der Waals surface area contributed by atoms with Gasteiger partial charge in [-0.15, -0.1) is 0 Å². The highest BCUT2D eigenvalue weighted by molar-refractivity contribution is 6.09. The summed E-state index contributed by atoms with van der Waals surface area (Å²) in [5.74, 6) is 0.490. The fraction of sp³-hybridized carbons (Fsp3) is 0.333. The number of benzene rings is 2. The van der Waals surface area contributed by atoms with Gasteiger partial charge in [0.2, 0.25) is 5.91 Å². The monoisotopic (exact) mass is 403 g/mol. The Morgan fingerprint density at radius 1 is 1.23 bits per heavy atom. The lowest BCUT2D eigenvalue weighted by Crippen LogP contribution is -2.27. The highest BCUT2D eigenvalue weighted by Gasteiger charge is 2.28. The van der Waals surface area contributed by atoms with E-state index in [2.05, 4.69) is 51.7 Å². The number of amides is 1. The summed E-state index contributed by atoms with van der Waals surface area (Å²) in [7, 11) is 1.75. The third-order valence-electron chi connectivity index (χ3n) is 5.91. The lowest BCUT2D eigenvalue weighted by Gasteiger charge is -2.36. The van der Waals surface area contributed by atoms with Gasteiger partial charge >= 0.3 is 0 Å². The van der Waals surface area contributed by atoms with E-state index in [-0.39, 0.29) is 11.9 Å². The van der Waals surface area contributed by atoms with Crippen LogP contribution in [0.2, 0.25) is 0 Å². The summed E-state index contributed by atoms with van der Waals surface area (Å²) < 4.78 is 0. The minimum Gasteiger partial charge on any atom is -0.404 e. The van der Waals surface area contributed by atoms with Gasteiger partial charge in [0.05, 0.1) is 17.1 Å². The van der Waals surface area contributed by atoms with Gasteiger partial charge in [-0.25, -0.2) is 0 Å². The molecule has 6 nitrogen and oxygen atoms in total. The molecule has 2 aromatic carbocycles. The molecule has 2 aromatic rings. The number of allylic oxidation sites excluding steroid dienone is 1. The molecule has 0 saturated carbocycles. The van der Waals surface area contributed by atoms with E-state index in [1.807, 2.05) is 19.1 Å². The molecule has 2 aliphatic heterocycles. The summed E-state index contributed by atoms with van der Waals surface area (Å²) in [5.41, 5.74) is 13.2.